The Morgan fingerprint density at radius 1 is 1.33 bits per heavy atom. The molecule has 3 heteroatoms. The Bertz CT molecular complexity index is 486. The van der Waals surface area contributed by atoms with Gasteiger partial charge >= 0.3 is 0 Å². The molecule has 1 aromatic carbocycles. The summed E-state index contributed by atoms with van der Waals surface area (Å²) in [5.74, 6) is 0.900. The van der Waals surface area contributed by atoms with E-state index in [-0.39, 0.29) is 0 Å². The van der Waals surface area contributed by atoms with Crippen LogP contribution in [0.4, 0.5) is 0 Å². The number of hydrogen-bond acceptors (Lipinski definition) is 2. The van der Waals surface area contributed by atoms with Crippen LogP contribution >= 0.6 is 0 Å². The normalized spacial score (nSPS) is 11.3. The number of aryl methyl sites for hydroxylation is 1. The van der Waals surface area contributed by atoms with E-state index in [2.05, 4.69) is 25.0 Å². The third kappa shape index (κ3) is 1.48. The maximum Gasteiger partial charge on any atom is 0.130 e. The van der Waals surface area contributed by atoms with E-state index in [0.29, 0.717) is 6.04 Å². The minimum absolute atomic E-state index is 0.369. The van der Waals surface area contributed by atoms with Crippen LogP contribution < -0.4 is 4.74 Å². The van der Waals surface area contributed by atoms with Crippen LogP contribution in [0.2, 0.25) is 0 Å². The van der Waals surface area contributed by atoms with Crippen LogP contribution in [0.15, 0.2) is 18.2 Å². The Hall–Kier alpha value is -1.51. The molecule has 80 valence electrons. The molecule has 0 radical (unpaired) electrons. The van der Waals surface area contributed by atoms with Crippen molar-refractivity contribution in [1.82, 2.24) is 9.78 Å². The number of aromatic nitrogens is 2. The highest BCUT2D eigenvalue weighted by Crippen LogP contribution is 2.29. The first-order chi connectivity index (χ1) is 7.15. The second-order valence-corrected chi connectivity index (χ2v) is 3.98. The van der Waals surface area contributed by atoms with Gasteiger partial charge in [0.25, 0.3) is 0 Å². The van der Waals surface area contributed by atoms with Crippen LogP contribution in [-0.2, 0) is 0 Å². The Morgan fingerprint density at radius 3 is 2.67 bits per heavy atom. The van der Waals surface area contributed by atoms with Crippen LogP contribution in [0, 0.1) is 6.92 Å². The van der Waals surface area contributed by atoms with E-state index in [1.807, 2.05) is 23.7 Å². The molecule has 0 bridgehead atoms. The Labute approximate surface area is 89.7 Å². The number of rotatable bonds is 2. The van der Waals surface area contributed by atoms with Crippen molar-refractivity contribution in [2.45, 2.75) is 26.8 Å². The molecule has 15 heavy (non-hydrogen) atoms. The van der Waals surface area contributed by atoms with Crippen LogP contribution in [0.1, 0.15) is 25.6 Å². The number of nitrogens with zero attached hydrogens (tertiary/aromatic N) is 2. The van der Waals surface area contributed by atoms with E-state index in [1.54, 1.807) is 7.11 Å². The fourth-order valence-corrected chi connectivity index (χ4v) is 1.90. The Kier molecular flexibility index (Phi) is 2.39. The molecule has 0 spiro atoms. The van der Waals surface area contributed by atoms with Crippen molar-refractivity contribution in [3.63, 3.8) is 0 Å². The summed E-state index contributed by atoms with van der Waals surface area (Å²) < 4.78 is 7.38. The summed E-state index contributed by atoms with van der Waals surface area (Å²) in [6.07, 6.45) is 0. The summed E-state index contributed by atoms with van der Waals surface area (Å²) >= 11 is 0. The molecule has 1 aromatic heterocycles. The predicted octanol–water partition coefficient (Wildman–Crippen LogP) is 2.93. The molecule has 0 unspecified atom stereocenters. The van der Waals surface area contributed by atoms with Crippen LogP contribution in [0.3, 0.4) is 0 Å². The highest BCUT2D eigenvalue weighted by atomic mass is 16.5. The van der Waals surface area contributed by atoms with E-state index in [0.717, 1.165) is 22.3 Å². The highest BCUT2D eigenvalue weighted by molar-refractivity contribution is 5.88. The zero-order valence-corrected chi connectivity index (χ0v) is 9.61. The van der Waals surface area contributed by atoms with Crippen molar-refractivity contribution in [3.8, 4) is 5.75 Å². The largest absolute Gasteiger partial charge is 0.496 e. The first kappa shape index (κ1) is 10.0. The summed E-state index contributed by atoms with van der Waals surface area (Å²) in [6.45, 7) is 6.28. The molecule has 0 saturated carbocycles. The van der Waals surface area contributed by atoms with E-state index in [4.69, 9.17) is 4.74 Å². The lowest BCUT2D eigenvalue weighted by Gasteiger charge is -2.07. The van der Waals surface area contributed by atoms with Gasteiger partial charge in [0.05, 0.1) is 23.7 Å². The molecule has 0 aliphatic carbocycles. The lowest BCUT2D eigenvalue weighted by Crippen LogP contribution is -2.02. The molecule has 0 aliphatic rings. The topological polar surface area (TPSA) is 27.1 Å². The molecule has 0 saturated heterocycles. The predicted molar refractivity (Wildman–Crippen MR) is 61.4 cm³/mol. The molecule has 0 fully saturated rings. The van der Waals surface area contributed by atoms with Gasteiger partial charge in [0.2, 0.25) is 0 Å². The van der Waals surface area contributed by atoms with Crippen molar-refractivity contribution in [1.29, 1.82) is 0 Å². The number of ether oxygens (including phenoxy) is 1. The van der Waals surface area contributed by atoms with Gasteiger partial charge in [-0.15, -0.1) is 0 Å². The molecule has 0 N–H and O–H groups in total. The van der Waals surface area contributed by atoms with Crippen molar-refractivity contribution in [3.05, 3.63) is 23.9 Å². The summed E-state index contributed by atoms with van der Waals surface area (Å²) in [4.78, 5) is 0. The molecule has 1 heterocycles. The standard InChI is InChI=1S/C12H16N2O/c1-8(2)14-10-6-5-7-11(15-4)12(10)9(3)13-14/h5-8H,1-4H3. The second kappa shape index (κ2) is 3.57. The number of hydrogen-bond donors (Lipinski definition) is 0. The quantitative estimate of drug-likeness (QED) is 0.752. The van der Waals surface area contributed by atoms with Crippen molar-refractivity contribution >= 4 is 10.9 Å². The van der Waals surface area contributed by atoms with Crippen LogP contribution in [0.25, 0.3) is 10.9 Å². The number of benzene rings is 1. The summed E-state index contributed by atoms with van der Waals surface area (Å²) in [7, 11) is 1.70. The van der Waals surface area contributed by atoms with Gasteiger partial charge in [-0.25, -0.2) is 0 Å². The lowest BCUT2D eigenvalue weighted by molar-refractivity contribution is 0.419. The van der Waals surface area contributed by atoms with Crippen LogP contribution in [-0.4, -0.2) is 16.9 Å². The molecule has 3 nitrogen and oxygen atoms in total. The smallest absolute Gasteiger partial charge is 0.130 e. The van der Waals surface area contributed by atoms with E-state index in [1.165, 1.54) is 0 Å². The molecular formula is C12H16N2O. The molecular weight excluding hydrogens is 188 g/mol. The number of methoxy groups -OCH3 is 1. The Balaban J connectivity index is 2.79. The first-order valence-corrected chi connectivity index (χ1v) is 5.17. The zero-order valence-electron chi connectivity index (χ0n) is 9.61. The van der Waals surface area contributed by atoms with Gasteiger partial charge in [-0.1, -0.05) is 6.07 Å². The summed E-state index contributed by atoms with van der Waals surface area (Å²) in [5.41, 5.74) is 2.16. The maximum atomic E-state index is 5.35. The average molecular weight is 204 g/mol. The van der Waals surface area contributed by atoms with Gasteiger partial charge in [0.15, 0.2) is 0 Å². The van der Waals surface area contributed by atoms with Gasteiger partial charge < -0.3 is 4.74 Å². The monoisotopic (exact) mass is 204 g/mol. The fraction of sp³-hybridized carbons (Fsp3) is 0.417. The van der Waals surface area contributed by atoms with Gasteiger partial charge in [-0.3, -0.25) is 4.68 Å². The SMILES string of the molecule is COc1cccc2c1c(C)nn2C(C)C. The fourth-order valence-electron chi connectivity index (χ4n) is 1.90. The zero-order chi connectivity index (χ0) is 11.0. The third-order valence-corrected chi connectivity index (χ3v) is 2.58. The van der Waals surface area contributed by atoms with Gasteiger partial charge in [-0.05, 0) is 32.9 Å². The maximum absolute atomic E-state index is 5.35. The minimum atomic E-state index is 0.369. The van der Waals surface area contributed by atoms with Crippen LogP contribution in [0.5, 0.6) is 5.75 Å². The molecule has 2 rings (SSSR count). The summed E-state index contributed by atoms with van der Waals surface area (Å²) in [5, 5.41) is 5.65. The number of fused-ring (bicyclic) bond motifs is 1. The molecule has 0 amide bonds. The van der Waals surface area contributed by atoms with E-state index in [9.17, 15) is 0 Å². The Morgan fingerprint density at radius 2 is 2.07 bits per heavy atom. The van der Waals surface area contributed by atoms with Crippen molar-refractivity contribution < 1.29 is 4.74 Å². The molecule has 0 aliphatic heterocycles. The molecule has 0 atom stereocenters. The van der Waals surface area contributed by atoms with Gasteiger partial charge in [-0.2, -0.15) is 5.10 Å². The second-order valence-electron chi connectivity index (χ2n) is 3.98. The van der Waals surface area contributed by atoms with E-state index < -0.39 is 0 Å². The first-order valence-electron chi connectivity index (χ1n) is 5.17. The third-order valence-electron chi connectivity index (χ3n) is 2.58. The minimum Gasteiger partial charge on any atom is -0.496 e. The summed E-state index contributed by atoms with van der Waals surface area (Å²) in [6, 6.07) is 6.43. The van der Waals surface area contributed by atoms with Gasteiger partial charge in [0, 0.05) is 6.04 Å². The van der Waals surface area contributed by atoms with Crippen molar-refractivity contribution in [2.24, 2.45) is 0 Å². The van der Waals surface area contributed by atoms with Crippen molar-refractivity contribution in [2.75, 3.05) is 7.11 Å². The van der Waals surface area contributed by atoms with E-state index >= 15 is 0 Å². The highest BCUT2D eigenvalue weighted by Gasteiger charge is 2.12. The average Bonchev–Trinajstić information content (AvgIpc) is 2.56. The molecule has 2 aromatic rings. The van der Waals surface area contributed by atoms with Gasteiger partial charge in [0.1, 0.15) is 5.75 Å². The lowest BCUT2D eigenvalue weighted by atomic mass is 10.2.